The summed E-state index contributed by atoms with van der Waals surface area (Å²) < 4.78 is 2.36. The number of hydrogen-bond acceptors (Lipinski definition) is 2. The number of fused-ring (bicyclic) bond motifs is 3. The maximum Gasteiger partial charge on any atom is 0.0491 e. The van der Waals surface area contributed by atoms with Gasteiger partial charge in [0.1, 0.15) is 0 Å². The number of hydrogen-bond donors (Lipinski definition) is 2. The Kier molecular flexibility index (Phi) is 5.46. The van der Waals surface area contributed by atoms with Gasteiger partial charge in [-0.1, -0.05) is 24.3 Å². The van der Waals surface area contributed by atoms with Crippen LogP contribution in [0.15, 0.2) is 42.5 Å². The molecule has 0 aliphatic carbocycles. The van der Waals surface area contributed by atoms with E-state index in [0.29, 0.717) is 6.54 Å². The average Bonchev–Trinajstić information content (AvgIpc) is 2.85. The first-order valence-electron chi connectivity index (χ1n) is 7.72. The van der Waals surface area contributed by atoms with Crippen LogP contribution in [0.2, 0.25) is 0 Å². The van der Waals surface area contributed by atoms with Crippen LogP contribution in [0.25, 0.3) is 21.8 Å². The maximum absolute atomic E-state index is 6.29. The van der Waals surface area contributed by atoms with E-state index >= 15 is 0 Å². The van der Waals surface area contributed by atoms with Gasteiger partial charge in [0.25, 0.3) is 0 Å². The van der Waals surface area contributed by atoms with Crippen molar-refractivity contribution < 1.29 is 0 Å². The van der Waals surface area contributed by atoms with Gasteiger partial charge in [0.2, 0.25) is 0 Å². The molecule has 0 radical (unpaired) electrons. The van der Waals surface area contributed by atoms with Crippen LogP contribution in [0.4, 0.5) is 0 Å². The predicted octanol–water partition coefficient (Wildman–Crippen LogP) is 3.97. The topological polar surface area (TPSA) is 57.0 Å². The van der Waals surface area contributed by atoms with Crippen molar-refractivity contribution in [2.75, 3.05) is 6.54 Å². The Morgan fingerprint density at radius 2 is 1.77 bits per heavy atom. The number of rotatable bonds is 5. The zero-order chi connectivity index (χ0) is 14.8. The second kappa shape index (κ2) is 7.14. The molecule has 4 N–H and O–H groups in total. The minimum Gasteiger partial charge on any atom is -0.341 e. The molecule has 1 atom stereocenters. The van der Waals surface area contributed by atoms with Crippen molar-refractivity contribution >= 4 is 34.2 Å². The monoisotopic (exact) mass is 317 g/mol. The third kappa shape index (κ3) is 2.84. The summed E-state index contributed by atoms with van der Waals surface area (Å²) in [6, 6.07) is 15.3. The van der Waals surface area contributed by atoms with E-state index in [1.807, 2.05) is 0 Å². The SMILES string of the molecule is CCn1c2ccccc2c2cc([C@@H](N)CCCN)ccc21.Cl. The number of aromatic nitrogens is 1. The van der Waals surface area contributed by atoms with Crippen LogP contribution in [0.5, 0.6) is 0 Å². The Morgan fingerprint density at radius 1 is 1.05 bits per heavy atom. The molecule has 1 heterocycles. The highest BCUT2D eigenvalue weighted by atomic mass is 35.5. The molecule has 0 spiro atoms. The van der Waals surface area contributed by atoms with E-state index in [-0.39, 0.29) is 18.4 Å². The number of nitrogens with zero attached hydrogens (tertiary/aromatic N) is 1. The molecule has 0 aliphatic heterocycles. The van der Waals surface area contributed by atoms with Crippen LogP contribution in [0.3, 0.4) is 0 Å². The van der Waals surface area contributed by atoms with E-state index in [1.165, 1.54) is 27.4 Å². The Labute approximate surface area is 137 Å². The standard InChI is InChI=1S/C18H23N3.ClH/c1-2-21-17-8-4-3-6-14(17)15-12-13(9-10-18(15)21)16(20)7-5-11-19;/h3-4,6,8-10,12,16H,2,5,7,11,19-20H2,1H3;1H/t16-;/m0./s1. The lowest BCUT2D eigenvalue weighted by molar-refractivity contribution is 0.618. The molecule has 22 heavy (non-hydrogen) atoms. The molecule has 0 amide bonds. The van der Waals surface area contributed by atoms with Crippen molar-refractivity contribution in [1.29, 1.82) is 0 Å². The van der Waals surface area contributed by atoms with Crippen LogP contribution in [-0.4, -0.2) is 11.1 Å². The van der Waals surface area contributed by atoms with Crippen molar-refractivity contribution in [2.45, 2.75) is 32.4 Å². The van der Waals surface area contributed by atoms with Crippen molar-refractivity contribution in [2.24, 2.45) is 11.5 Å². The normalized spacial score (nSPS) is 12.5. The van der Waals surface area contributed by atoms with E-state index < -0.39 is 0 Å². The third-order valence-corrected chi connectivity index (χ3v) is 4.26. The molecule has 2 aromatic carbocycles. The highest BCUT2D eigenvalue weighted by molar-refractivity contribution is 6.08. The summed E-state index contributed by atoms with van der Waals surface area (Å²) in [5, 5.41) is 2.61. The van der Waals surface area contributed by atoms with Crippen molar-refractivity contribution in [3.63, 3.8) is 0 Å². The van der Waals surface area contributed by atoms with Crippen LogP contribution in [0.1, 0.15) is 31.4 Å². The first kappa shape index (κ1) is 16.8. The molecule has 3 aromatic rings. The van der Waals surface area contributed by atoms with Crippen molar-refractivity contribution in [3.05, 3.63) is 48.0 Å². The molecule has 0 saturated heterocycles. The summed E-state index contributed by atoms with van der Waals surface area (Å²) in [6.07, 6.45) is 1.91. The summed E-state index contributed by atoms with van der Waals surface area (Å²) in [5.41, 5.74) is 15.7. The zero-order valence-corrected chi connectivity index (χ0v) is 13.8. The van der Waals surface area contributed by atoms with E-state index in [1.54, 1.807) is 0 Å². The fraction of sp³-hybridized carbons (Fsp3) is 0.333. The smallest absolute Gasteiger partial charge is 0.0491 e. The molecule has 118 valence electrons. The zero-order valence-electron chi connectivity index (χ0n) is 13.0. The van der Waals surface area contributed by atoms with E-state index in [0.717, 1.165) is 19.4 Å². The average molecular weight is 318 g/mol. The summed E-state index contributed by atoms with van der Waals surface area (Å²) in [6.45, 7) is 3.86. The van der Waals surface area contributed by atoms with Crippen LogP contribution in [0, 0.1) is 0 Å². The Balaban J connectivity index is 0.00000176. The fourth-order valence-corrected chi connectivity index (χ4v) is 3.15. The van der Waals surface area contributed by atoms with Gasteiger partial charge >= 0.3 is 0 Å². The molecule has 0 bridgehead atoms. The van der Waals surface area contributed by atoms with Gasteiger partial charge in [-0.3, -0.25) is 0 Å². The first-order chi connectivity index (χ1) is 10.3. The lowest BCUT2D eigenvalue weighted by Gasteiger charge is -2.12. The van der Waals surface area contributed by atoms with Gasteiger partial charge in [0.15, 0.2) is 0 Å². The Hall–Kier alpha value is -1.55. The summed E-state index contributed by atoms with van der Waals surface area (Å²) in [4.78, 5) is 0. The van der Waals surface area contributed by atoms with Gasteiger partial charge in [0.05, 0.1) is 0 Å². The minimum absolute atomic E-state index is 0. The fourth-order valence-electron chi connectivity index (χ4n) is 3.15. The second-order valence-corrected chi connectivity index (χ2v) is 5.58. The van der Waals surface area contributed by atoms with Gasteiger partial charge in [-0.2, -0.15) is 0 Å². The first-order valence-corrected chi connectivity index (χ1v) is 7.72. The van der Waals surface area contributed by atoms with E-state index in [9.17, 15) is 0 Å². The maximum atomic E-state index is 6.29. The summed E-state index contributed by atoms with van der Waals surface area (Å²) in [5.74, 6) is 0. The van der Waals surface area contributed by atoms with Gasteiger partial charge in [-0.15, -0.1) is 12.4 Å². The van der Waals surface area contributed by atoms with Gasteiger partial charge in [-0.05, 0) is 50.1 Å². The minimum atomic E-state index is 0. The largest absolute Gasteiger partial charge is 0.341 e. The van der Waals surface area contributed by atoms with Crippen molar-refractivity contribution in [1.82, 2.24) is 4.57 Å². The second-order valence-electron chi connectivity index (χ2n) is 5.58. The van der Waals surface area contributed by atoms with Crippen LogP contribution < -0.4 is 11.5 Å². The molecular formula is C18H24ClN3. The number of para-hydroxylation sites is 1. The highest BCUT2D eigenvalue weighted by Gasteiger charge is 2.12. The number of benzene rings is 2. The molecule has 3 nitrogen and oxygen atoms in total. The van der Waals surface area contributed by atoms with Gasteiger partial charge in [-0.25, -0.2) is 0 Å². The molecule has 3 rings (SSSR count). The molecule has 0 saturated carbocycles. The highest BCUT2D eigenvalue weighted by Crippen LogP contribution is 2.31. The number of nitrogens with two attached hydrogens (primary N) is 2. The Morgan fingerprint density at radius 3 is 2.50 bits per heavy atom. The molecule has 4 heteroatoms. The van der Waals surface area contributed by atoms with Crippen LogP contribution in [-0.2, 0) is 6.54 Å². The number of halogens is 1. The molecular weight excluding hydrogens is 294 g/mol. The van der Waals surface area contributed by atoms with Crippen molar-refractivity contribution in [3.8, 4) is 0 Å². The van der Waals surface area contributed by atoms with Crippen LogP contribution >= 0.6 is 12.4 Å². The third-order valence-electron chi connectivity index (χ3n) is 4.26. The lowest BCUT2D eigenvalue weighted by Crippen LogP contribution is -2.12. The number of aryl methyl sites for hydroxylation is 1. The molecule has 0 unspecified atom stereocenters. The lowest BCUT2D eigenvalue weighted by atomic mass is 10.0. The molecule has 1 aromatic heterocycles. The predicted molar refractivity (Wildman–Crippen MR) is 97.6 cm³/mol. The summed E-state index contributed by atoms with van der Waals surface area (Å²) in [7, 11) is 0. The van der Waals surface area contributed by atoms with Gasteiger partial charge in [0, 0.05) is 34.4 Å². The molecule has 0 fully saturated rings. The molecule has 0 aliphatic rings. The van der Waals surface area contributed by atoms with Gasteiger partial charge < -0.3 is 16.0 Å². The Bertz CT molecular complexity index is 763. The summed E-state index contributed by atoms with van der Waals surface area (Å²) >= 11 is 0. The quantitative estimate of drug-likeness (QED) is 0.748. The van der Waals surface area contributed by atoms with E-state index in [4.69, 9.17) is 11.5 Å². The van der Waals surface area contributed by atoms with E-state index in [2.05, 4.69) is 54.0 Å².